The summed E-state index contributed by atoms with van der Waals surface area (Å²) < 4.78 is 52.8. The van der Waals surface area contributed by atoms with Crippen LogP contribution in [0.3, 0.4) is 0 Å². The first-order valence-electron chi connectivity index (χ1n) is 4.10. The highest BCUT2D eigenvalue weighted by molar-refractivity contribution is 6.29. The van der Waals surface area contributed by atoms with Crippen LogP contribution in [0.15, 0.2) is 6.07 Å². The second-order valence-corrected chi connectivity index (χ2v) is 3.23. The van der Waals surface area contributed by atoms with Crippen LogP contribution in [-0.4, -0.2) is 17.8 Å². The number of hydrogen-bond acceptors (Lipinski definition) is 3. The maximum atomic E-state index is 12.9. The van der Waals surface area contributed by atoms with Crippen LogP contribution < -0.4 is 10.5 Å². The summed E-state index contributed by atoms with van der Waals surface area (Å²) in [6, 6.07) is 0.970. The molecular weight excluding hydrogens is 252 g/mol. The molecule has 1 aromatic rings. The summed E-state index contributed by atoms with van der Waals surface area (Å²) in [5.41, 5.74) is 4.85. The lowest BCUT2D eigenvalue weighted by Gasteiger charge is -2.08. The van der Waals surface area contributed by atoms with Gasteiger partial charge in [-0.05, 0) is 0 Å². The van der Waals surface area contributed by atoms with Crippen molar-refractivity contribution in [3.05, 3.63) is 17.0 Å². The smallest absolute Gasteiger partial charge is 0.392 e. The molecule has 0 atom stereocenters. The zero-order chi connectivity index (χ0) is 12.3. The molecule has 90 valence electrons. The fourth-order valence-corrected chi connectivity index (χ4v) is 1.03. The lowest BCUT2D eigenvalue weighted by atomic mass is 10.4. The highest BCUT2D eigenvalue weighted by Crippen LogP contribution is 2.24. The maximum Gasteiger partial charge on any atom is 0.392 e. The molecule has 16 heavy (non-hydrogen) atoms. The summed E-state index contributed by atoms with van der Waals surface area (Å²) in [6.07, 6.45) is -5.46. The Kier molecular flexibility index (Phi) is 3.79. The number of hydrogen-bond donors (Lipinski definition) is 1. The lowest BCUT2D eigenvalue weighted by Crippen LogP contribution is -2.13. The first kappa shape index (κ1) is 12.8. The van der Waals surface area contributed by atoms with Gasteiger partial charge in [-0.2, -0.15) is 18.2 Å². The van der Waals surface area contributed by atoms with Crippen molar-refractivity contribution in [3.63, 3.8) is 0 Å². The topological polar surface area (TPSA) is 48.1 Å². The summed E-state index contributed by atoms with van der Waals surface area (Å²) in [5, 5.41) is -0.540. The van der Waals surface area contributed by atoms with Crippen LogP contribution in [0.2, 0.25) is 5.15 Å². The molecule has 0 aliphatic carbocycles. The first-order chi connectivity index (χ1) is 7.29. The van der Waals surface area contributed by atoms with E-state index < -0.39 is 30.2 Å². The van der Waals surface area contributed by atoms with Crippen molar-refractivity contribution in [1.29, 1.82) is 0 Å². The molecule has 0 saturated heterocycles. The SMILES string of the molecule is Nc1cc(OCCC(F)(F)F)nc(Cl)c1F. The summed E-state index contributed by atoms with van der Waals surface area (Å²) in [5.74, 6) is -1.17. The predicted molar refractivity (Wildman–Crippen MR) is 49.8 cm³/mol. The fourth-order valence-electron chi connectivity index (χ4n) is 0.839. The molecule has 0 amide bonds. The molecular formula is C8H7ClF4N2O. The molecule has 0 unspecified atom stereocenters. The molecule has 1 rings (SSSR count). The average molecular weight is 259 g/mol. The van der Waals surface area contributed by atoms with Crippen LogP contribution in [-0.2, 0) is 0 Å². The van der Waals surface area contributed by atoms with Crippen LogP contribution in [0.5, 0.6) is 5.88 Å². The Hall–Kier alpha value is -1.24. The first-order valence-corrected chi connectivity index (χ1v) is 4.48. The van der Waals surface area contributed by atoms with Gasteiger partial charge in [0.2, 0.25) is 5.88 Å². The van der Waals surface area contributed by atoms with Crippen LogP contribution >= 0.6 is 11.6 Å². The van der Waals surface area contributed by atoms with Gasteiger partial charge >= 0.3 is 6.18 Å². The zero-order valence-electron chi connectivity index (χ0n) is 7.81. The number of nitrogens with two attached hydrogens (primary N) is 1. The van der Waals surface area contributed by atoms with Crippen molar-refractivity contribution in [2.24, 2.45) is 0 Å². The Morgan fingerprint density at radius 3 is 2.56 bits per heavy atom. The van der Waals surface area contributed by atoms with E-state index in [1.54, 1.807) is 0 Å². The standard InChI is InChI=1S/C8H7ClF4N2O/c9-7-6(10)4(14)3-5(15-7)16-2-1-8(11,12)13/h3H,1-2H2,(H2,14,15). The minimum atomic E-state index is -4.32. The third kappa shape index (κ3) is 3.73. The van der Waals surface area contributed by atoms with E-state index in [0.717, 1.165) is 6.07 Å². The van der Waals surface area contributed by atoms with E-state index in [0.29, 0.717) is 0 Å². The monoisotopic (exact) mass is 258 g/mol. The number of rotatable bonds is 3. The van der Waals surface area contributed by atoms with Gasteiger partial charge in [-0.15, -0.1) is 0 Å². The van der Waals surface area contributed by atoms with Gasteiger partial charge in [0.05, 0.1) is 18.7 Å². The van der Waals surface area contributed by atoms with Crippen molar-refractivity contribution in [2.75, 3.05) is 12.3 Å². The number of pyridine rings is 1. The molecule has 0 spiro atoms. The minimum Gasteiger partial charge on any atom is -0.477 e. The van der Waals surface area contributed by atoms with E-state index in [9.17, 15) is 17.6 Å². The minimum absolute atomic E-state index is 0.242. The molecule has 0 saturated carbocycles. The largest absolute Gasteiger partial charge is 0.477 e. The van der Waals surface area contributed by atoms with Crippen molar-refractivity contribution < 1.29 is 22.3 Å². The van der Waals surface area contributed by atoms with Gasteiger partial charge in [0, 0.05) is 6.07 Å². The highest BCUT2D eigenvalue weighted by Gasteiger charge is 2.27. The Balaban J connectivity index is 2.62. The van der Waals surface area contributed by atoms with Gasteiger partial charge in [-0.3, -0.25) is 0 Å². The van der Waals surface area contributed by atoms with E-state index >= 15 is 0 Å². The molecule has 0 fully saturated rings. The summed E-state index contributed by atoms with van der Waals surface area (Å²) in [6.45, 7) is -0.627. The number of halogens is 5. The Bertz CT molecular complexity index is 360. The molecule has 0 aliphatic heterocycles. The maximum absolute atomic E-state index is 12.9. The number of aromatic nitrogens is 1. The fraction of sp³-hybridized carbons (Fsp3) is 0.375. The van der Waals surface area contributed by atoms with Crippen LogP contribution in [0, 0.1) is 5.82 Å². The van der Waals surface area contributed by atoms with E-state index in [1.807, 2.05) is 0 Å². The Morgan fingerprint density at radius 2 is 2.06 bits per heavy atom. The van der Waals surface area contributed by atoms with Gasteiger partial charge < -0.3 is 10.5 Å². The number of alkyl halides is 3. The molecule has 0 aliphatic rings. The van der Waals surface area contributed by atoms with Crippen molar-refractivity contribution in [2.45, 2.75) is 12.6 Å². The van der Waals surface area contributed by atoms with Crippen LogP contribution in [0.25, 0.3) is 0 Å². The summed E-state index contributed by atoms with van der Waals surface area (Å²) >= 11 is 5.32. The number of nitrogen functional groups attached to an aromatic ring is 1. The molecule has 1 aromatic heterocycles. The predicted octanol–water partition coefficient (Wildman–Crippen LogP) is 2.79. The Labute approximate surface area is 93.2 Å². The molecule has 1 heterocycles. The van der Waals surface area contributed by atoms with Gasteiger partial charge in [-0.25, -0.2) is 4.39 Å². The van der Waals surface area contributed by atoms with Crippen LogP contribution in [0.4, 0.5) is 23.2 Å². The normalized spacial score (nSPS) is 11.6. The quantitative estimate of drug-likeness (QED) is 0.670. The van der Waals surface area contributed by atoms with Gasteiger partial charge in [0.15, 0.2) is 11.0 Å². The lowest BCUT2D eigenvalue weighted by molar-refractivity contribution is -0.139. The molecule has 0 radical (unpaired) electrons. The van der Waals surface area contributed by atoms with E-state index in [4.69, 9.17) is 17.3 Å². The zero-order valence-corrected chi connectivity index (χ0v) is 8.57. The van der Waals surface area contributed by atoms with E-state index in [-0.39, 0.29) is 11.6 Å². The second-order valence-electron chi connectivity index (χ2n) is 2.87. The number of anilines is 1. The summed E-state index contributed by atoms with van der Waals surface area (Å²) in [7, 11) is 0. The third-order valence-electron chi connectivity index (χ3n) is 1.56. The van der Waals surface area contributed by atoms with E-state index in [1.165, 1.54) is 0 Å². The van der Waals surface area contributed by atoms with E-state index in [2.05, 4.69) is 9.72 Å². The van der Waals surface area contributed by atoms with Gasteiger partial charge in [-0.1, -0.05) is 11.6 Å². The van der Waals surface area contributed by atoms with Gasteiger partial charge in [0.1, 0.15) is 0 Å². The van der Waals surface area contributed by atoms with Crippen molar-refractivity contribution >= 4 is 17.3 Å². The van der Waals surface area contributed by atoms with Crippen molar-refractivity contribution in [3.8, 4) is 5.88 Å². The van der Waals surface area contributed by atoms with Crippen LogP contribution in [0.1, 0.15) is 6.42 Å². The molecule has 8 heteroatoms. The molecule has 2 N–H and O–H groups in total. The van der Waals surface area contributed by atoms with Gasteiger partial charge in [0.25, 0.3) is 0 Å². The number of nitrogens with zero attached hydrogens (tertiary/aromatic N) is 1. The average Bonchev–Trinajstić information content (AvgIpc) is 2.12. The highest BCUT2D eigenvalue weighted by atomic mass is 35.5. The Morgan fingerprint density at radius 1 is 1.44 bits per heavy atom. The third-order valence-corrected chi connectivity index (χ3v) is 1.81. The molecule has 0 aromatic carbocycles. The number of ether oxygens (including phenoxy) is 1. The molecule has 3 nitrogen and oxygen atoms in total. The second kappa shape index (κ2) is 4.73. The van der Waals surface area contributed by atoms with Crippen molar-refractivity contribution in [1.82, 2.24) is 4.98 Å². The molecule has 0 bridgehead atoms. The summed E-state index contributed by atoms with van der Waals surface area (Å²) in [4.78, 5) is 3.37.